The molecule has 0 spiro atoms. The lowest BCUT2D eigenvalue weighted by Crippen LogP contribution is -2.44. The third kappa shape index (κ3) is 3.16. The van der Waals surface area contributed by atoms with Crippen LogP contribution in [-0.4, -0.2) is 34.8 Å². The lowest BCUT2D eigenvalue weighted by atomic mass is 10.0. The van der Waals surface area contributed by atoms with Crippen LogP contribution in [0, 0.1) is 0 Å². The van der Waals surface area contributed by atoms with Crippen LogP contribution in [0.5, 0.6) is 0 Å². The Balaban J connectivity index is 1.45. The summed E-state index contributed by atoms with van der Waals surface area (Å²) >= 11 is 1.73. The summed E-state index contributed by atoms with van der Waals surface area (Å²) in [5, 5.41) is 1.10. The Labute approximate surface area is 174 Å². The number of nitrogens with zero attached hydrogens (tertiary/aromatic N) is 3. The Morgan fingerprint density at radius 1 is 1.14 bits per heavy atom. The number of hydrogen-bond donors (Lipinski definition) is 0. The molecule has 0 unspecified atom stereocenters. The molecule has 1 aromatic heterocycles. The van der Waals surface area contributed by atoms with Crippen LogP contribution in [0.3, 0.4) is 0 Å². The summed E-state index contributed by atoms with van der Waals surface area (Å²) in [6.45, 7) is 3.39. The van der Waals surface area contributed by atoms with Crippen LogP contribution in [0.1, 0.15) is 53.2 Å². The van der Waals surface area contributed by atoms with Crippen molar-refractivity contribution >= 4 is 38.9 Å². The maximum atomic E-state index is 12.8. The van der Waals surface area contributed by atoms with Crippen LogP contribution < -0.4 is 4.90 Å². The number of hydrogen-bond acceptors (Lipinski definition) is 5. The summed E-state index contributed by atoms with van der Waals surface area (Å²) in [6, 6.07) is 14.2. The largest absolute Gasteiger partial charge is 0.300 e. The first-order valence-electron chi connectivity index (χ1n) is 10.2. The molecule has 1 atom stereocenters. The highest BCUT2D eigenvalue weighted by Crippen LogP contribution is 2.37. The van der Waals surface area contributed by atoms with E-state index in [0.29, 0.717) is 12.2 Å². The molecule has 0 aliphatic carbocycles. The van der Waals surface area contributed by atoms with Gasteiger partial charge in [0.25, 0.3) is 5.78 Å². The molecule has 0 saturated carbocycles. The van der Waals surface area contributed by atoms with Crippen LogP contribution in [0.25, 0.3) is 10.2 Å². The van der Waals surface area contributed by atoms with Crippen molar-refractivity contribution < 1.29 is 9.59 Å². The number of carbonyl (C=O) groups is 2. The highest BCUT2D eigenvalue weighted by molar-refractivity contribution is 7.18. The predicted molar refractivity (Wildman–Crippen MR) is 115 cm³/mol. The average molecular weight is 406 g/mol. The second kappa shape index (κ2) is 7.35. The van der Waals surface area contributed by atoms with Crippen molar-refractivity contribution in [1.29, 1.82) is 0 Å². The maximum absolute atomic E-state index is 12.8. The van der Waals surface area contributed by atoms with Gasteiger partial charge in [0.2, 0.25) is 0 Å². The summed E-state index contributed by atoms with van der Waals surface area (Å²) in [6.07, 6.45) is 4.12. The van der Waals surface area contributed by atoms with E-state index in [1.165, 1.54) is 4.70 Å². The van der Waals surface area contributed by atoms with Gasteiger partial charge in [-0.3, -0.25) is 19.4 Å². The van der Waals surface area contributed by atoms with Gasteiger partial charge >= 0.3 is 5.91 Å². The number of para-hydroxylation sites is 1. The third-order valence-electron chi connectivity index (χ3n) is 5.98. The quantitative estimate of drug-likeness (QED) is 0.597. The van der Waals surface area contributed by atoms with Crippen LogP contribution in [0.15, 0.2) is 42.5 Å². The Morgan fingerprint density at radius 3 is 2.83 bits per heavy atom. The minimum Gasteiger partial charge on any atom is -0.291 e. The van der Waals surface area contributed by atoms with Gasteiger partial charge in [0.1, 0.15) is 5.01 Å². The number of rotatable bonds is 4. The van der Waals surface area contributed by atoms with Gasteiger partial charge in [-0.15, -0.1) is 11.3 Å². The van der Waals surface area contributed by atoms with Gasteiger partial charge in [-0.2, -0.15) is 0 Å². The molecule has 2 aliphatic heterocycles. The van der Waals surface area contributed by atoms with E-state index in [2.05, 4.69) is 17.9 Å². The molecule has 148 valence electrons. The number of Topliss-reactive ketones (excluding diaryl/α,β-unsaturated/α-hetero) is 1. The molecule has 2 aliphatic rings. The summed E-state index contributed by atoms with van der Waals surface area (Å²) in [5.74, 6) is -0.800. The van der Waals surface area contributed by atoms with E-state index < -0.39 is 5.91 Å². The standard InChI is InChI=1S/C23H23N3O2S/c1-2-15-10-11-18-16(13-15)21(27)23(28)26(18)14-25-12-6-5-8-19(25)22-24-17-7-3-4-9-20(17)29-22/h3-4,7,9-11,13,19H,2,5-6,8,12,14H2,1H3/t19-/m1/s1. The molecule has 0 radical (unpaired) electrons. The predicted octanol–water partition coefficient (Wildman–Crippen LogP) is 4.57. The lowest BCUT2D eigenvalue weighted by Gasteiger charge is -2.36. The Kier molecular flexibility index (Phi) is 4.68. The summed E-state index contributed by atoms with van der Waals surface area (Å²) in [7, 11) is 0. The molecular formula is C23H23N3O2S. The first-order chi connectivity index (χ1) is 14.2. The number of carbonyl (C=O) groups excluding carboxylic acids is 2. The van der Waals surface area contributed by atoms with Crippen molar-refractivity contribution in [2.24, 2.45) is 0 Å². The second-order valence-electron chi connectivity index (χ2n) is 7.75. The topological polar surface area (TPSA) is 53.5 Å². The van der Waals surface area contributed by atoms with E-state index in [4.69, 9.17) is 4.98 Å². The van der Waals surface area contributed by atoms with Gasteiger partial charge in [-0.1, -0.05) is 31.5 Å². The van der Waals surface area contributed by atoms with Crippen molar-refractivity contribution in [3.63, 3.8) is 0 Å². The molecule has 2 aromatic carbocycles. The summed E-state index contributed by atoms with van der Waals surface area (Å²) in [5.41, 5.74) is 3.40. The number of thiazole rings is 1. The number of aryl methyl sites for hydroxylation is 1. The molecular weight excluding hydrogens is 382 g/mol. The molecule has 1 fully saturated rings. The zero-order valence-electron chi connectivity index (χ0n) is 16.4. The van der Waals surface area contributed by atoms with Crippen molar-refractivity contribution in [2.45, 2.75) is 38.6 Å². The van der Waals surface area contributed by atoms with Crippen molar-refractivity contribution in [3.05, 3.63) is 58.6 Å². The molecule has 3 aromatic rings. The van der Waals surface area contributed by atoms with E-state index in [0.717, 1.165) is 54.0 Å². The van der Waals surface area contributed by atoms with Crippen molar-refractivity contribution in [3.8, 4) is 0 Å². The molecule has 1 amide bonds. The maximum Gasteiger partial charge on any atom is 0.300 e. The SMILES string of the molecule is CCc1ccc2c(c1)C(=O)C(=O)N2CN1CCCC[C@@H]1c1nc2ccccc2s1. The zero-order valence-corrected chi connectivity index (χ0v) is 17.2. The number of benzene rings is 2. The number of piperidine rings is 1. The van der Waals surface area contributed by atoms with Gasteiger partial charge < -0.3 is 0 Å². The fourth-order valence-corrected chi connectivity index (χ4v) is 5.50. The van der Waals surface area contributed by atoms with E-state index in [-0.39, 0.29) is 11.8 Å². The van der Waals surface area contributed by atoms with Crippen molar-refractivity contribution in [2.75, 3.05) is 18.1 Å². The molecule has 3 heterocycles. The van der Waals surface area contributed by atoms with Gasteiger partial charge in [-0.25, -0.2) is 4.98 Å². The number of fused-ring (bicyclic) bond motifs is 2. The normalized spacial score (nSPS) is 19.9. The van der Waals surface area contributed by atoms with E-state index in [1.807, 2.05) is 36.4 Å². The Hall–Kier alpha value is -2.57. The first-order valence-corrected chi connectivity index (χ1v) is 11.1. The molecule has 0 N–H and O–H groups in total. The minimum absolute atomic E-state index is 0.183. The van der Waals surface area contributed by atoms with E-state index in [9.17, 15) is 9.59 Å². The number of ketones is 1. The van der Waals surface area contributed by atoms with Gasteiger partial charge in [0.05, 0.1) is 34.2 Å². The van der Waals surface area contributed by atoms with Gasteiger partial charge in [0.15, 0.2) is 0 Å². The lowest BCUT2D eigenvalue weighted by molar-refractivity contribution is -0.114. The summed E-state index contributed by atoms with van der Waals surface area (Å²) in [4.78, 5) is 34.2. The van der Waals surface area contributed by atoms with Crippen LogP contribution in [-0.2, 0) is 11.2 Å². The molecule has 29 heavy (non-hydrogen) atoms. The monoisotopic (exact) mass is 405 g/mol. The number of likely N-dealkylation sites (tertiary alicyclic amines) is 1. The van der Waals surface area contributed by atoms with E-state index in [1.54, 1.807) is 16.2 Å². The zero-order chi connectivity index (χ0) is 20.0. The van der Waals surface area contributed by atoms with Crippen molar-refractivity contribution in [1.82, 2.24) is 9.88 Å². The van der Waals surface area contributed by atoms with Crippen LogP contribution in [0.2, 0.25) is 0 Å². The average Bonchev–Trinajstić information content (AvgIpc) is 3.29. The van der Waals surface area contributed by atoms with Gasteiger partial charge in [-0.05, 0) is 49.1 Å². The fraction of sp³-hybridized carbons (Fsp3) is 0.348. The van der Waals surface area contributed by atoms with Crippen LogP contribution in [0.4, 0.5) is 5.69 Å². The highest BCUT2D eigenvalue weighted by atomic mass is 32.1. The molecule has 5 nitrogen and oxygen atoms in total. The molecule has 5 rings (SSSR count). The van der Waals surface area contributed by atoms with E-state index >= 15 is 0 Å². The number of anilines is 1. The van der Waals surface area contributed by atoms with Crippen LogP contribution >= 0.6 is 11.3 Å². The fourth-order valence-electron chi connectivity index (χ4n) is 4.36. The molecule has 6 heteroatoms. The summed E-state index contributed by atoms with van der Waals surface area (Å²) < 4.78 is 1.19. The first kappa shape index (κ1) is 18.5. The third-order valence-corrected chi connectivity index (χ3v) is 7.11. The number of aromatic nitrogens is 1. The second-order valence-corrected chi connectivity index (χ2v) is 8.81. The molecule has 1 saturated heterocycles. The highest BCUT2D eigenvalue weighted by Gasteiger charge is 2.38. The Bertz CT molecular complexity index is 1070. The minimum atomic E-state index is -0.415. The number of amides is 1. The molecule has 0 bridgehead atoms. The van der Waals surface area contributed by atoms with Gasteiger partial charge in [0, 0.05) is 6.54 Å². The Morgan fingerprint density at radius 2 is 2.00 bits per heavy atom. The smallest absolute Gasteiger partial charge is 0.291 e.